The van der Waals surface area contributed by atoms with Gasteiger partial charge in [0.05, 0.1) is 15.7 Å². The molecule has 0 saturated carbocycles. The lowest BCUT2D eigenvalue weighted by atomic mass is 10.2. The van der Waals surface area contributed by atoms with E-state index in [0.29, 0.717) is 16.0 Å². The maximum atomic E-state index is 6.06. The first-order chi connectivity index (χ1) is 6.52. The Labute approximate surface area is 103 Å². The maximum absolute atomic E-state index is 6.06. The van der Waals surface area contributed by atoms with Crippen LogP contribution in [0.2, 0.25) is 10.0 Å². The number of hydrogen-bond donors (Lipinski definition) is 1. The third-order valence-corrected chi connectivity index (χ3v) is 3.51. The minimum absolute atomic E-state index is 0.556. The van der Waals surface area contributed by atoms with Gasteiger partial charge in [0.15, 0.2) is 0 Å². The molecule has 0 aliphatic heterocycles. The fraction of sp³-hybridized carbons (Fsp3) is 0.400. The zero-order valence-electron chi connectivity index (χ0n) is 8.07. The van der Waals surface area contributed by atoms with Gasteiger partial charge in [0, 0.05) is 11.0 Å². The van der Waals surface area contributed by atoms with Crippen molar-refractivity contribution in [3.05, 3.63) is 26.7 Å². The minimum atomic E-state index is 0.556. The fourth-order valence-corrected chi connectivity index (χ4v) is 1.82. The van der Waals surface area contributed by atoms with Crippen molar-refractivity contribution in [2.24, 2.45) is 5.92 Å². The van der Waals surface area contributed by atoms with E-state index < -0.39 is 0 Å². The Morgan fingerprint density at radius 3 is 2.50 bits per heavy atom. The number of benzene rings is 1. The summed E-state index contributed by atoms with van der Waals surface area (Å²) in [5.41, 5.74) is 0.883. The first-order valence-corrected chi connectivity index (χ1v) is 5.94. The molecule has 1 rings (SSSR count). The van der Waals surface area contributed by atoms with Crippen molar-refractivity contribution in [3.8, 4) is 0 Å². The van der Waals surface area contributed by atoms with Crippen LogP contribution in [-0.2, 0) is 0 Å². The number of rotatable bonds is 3. The third kappa shape index (κ3) is 3.04. The molecular formula is C10H12BrCl2N. The molecule has 78 valence electrons. The lowest BCUT2D eigenvalue weighted by molar-refractivity contribution is 0.689. The predicted octanol–water partition coefficient (Wildman–Crippen LogP) is 4.82. The average molecular weight is 297 g/mol. The molecule has 1 aromatic rings. The van der Waals surface area contributed by atoms with Crippen molar-refractivity contribution in [1.82, 2.24) is 0 Å². The van der Waals surface area contributed by atoms with Crippen molar-refractivity contribution in [1.29, 1.82) is 0 Å². The summed E-state index contributed by atoms with van der Waals surface area (Å²) in [6.07, 6.45) is 0. The molecule has 0 aliphatic rings. The van der Waals surface area contributed by atoms with Gasteiger partial charge in [0.25, 0.3) is 0 Å². The molecule has 0 aromatic heterocycles. The number of hydrogen-bond acceptors (Lipinski definition) is 1. The molecule has 14 heavy (non-hydrogen) atoms. The van der Waals surface area contributed by atoms with Gasteiger partial charge in [0.1, 0.15) is 0 Å². The Morgan fingerprint density at radius 1 is 1.29 bits per heavy atom. The normalized spacial score (nSPS) is 10.7. The SMILES string of the molecule is CC(C)CNc1ccc(Br)c(Cl)c1Cl. The van der Waals surface area contributed by atoms with Crippen molar-refractivity contribution >= 4 is 44.8 Å². The maximum Gasteiger partial charge on any atom is 0.0835 e. The molecule has 0 radical (unpaired) electrons. The molecular weight excluding hydrogens is 285 g/mol. The summed E-state index contributed by atoms with van der Waals surface area (Å²) in [4.78, 5) is 0. The Kier molecular flexibility index (Phi) is 4.55. The van der Waals surface area contributed by atoms with Crippen LogP contribution in [0.3, 0.4) is 0 Å². The summed E-state index contributed by atoms with van der Waals surface area (Å²) >= 11 is 15.4. The van der Waals surface area contributed by atoms with Gasteiger partial charge in [-0.2, -0.15) is 0 Å². The van der Waals surface area contributed by atoms with E-state index in [-0.39, 0.29) is 0 Å². The van der Waals surface area contributed by atoms with Gasteiger partial charge >= 0.3 is 0 Å². The van der Waals surface area contributed by atoms with Crippen LogP contribution in [0.4, 0.5) is 5.69 Å². The number of nitrogens with one attached hydrogen (secondary N) is 1. The highest BCUT2D eigenvalue weighted by Crippen LogP contribution is 2.35. The van der Waals surface area contributed by atoms with Crippen molar-refractivity contribution < 1.29 is 0 Å². The van der Waals surface area contributed by atoms with E-state index in [4.69, 9.17) is 23.2 Å². The molecule has 4 heteroatoms. The van der Waals surface area contributed by atoms with E-state index in [0.717, 1.165) is 16.7 Å². The van der Waals surface area contributed by atoms with Crippen LogP contribution in [0.15, 0.2) is 16.6 Å². The monoisotopic (exact) mass is 295 g/mol. The molecule has 0 aliphatic carbocycles. The smallest absolute Gasteiger partial charge is 0.0835 e. The molecule has 1 N–H and O–H groups in total. The molecule has 0 fully saturated rings. The first kappa shape index (κ1) is 12.2. The highest BCUT2D eigenvalue weighted by Gasteiger charge is 2.07. The second-order valence-corrected chi connectivity index (χ2v) is 5.11. The van der Waals surface area contributed by atoms with Gasteiger partial charge in [-0.3, -0.25) is 0 Å². The van der Waals surface area contributed by atoms with Crippen LogP contribution in [0.25, 0.3) is 0 Å². The summed E-state index contributed by atoms with van der Waals surface area (Å²) < 4.78 is 0.819. The summed E-state index contributed by atoms with van der Waals surface area (Å²) in [7, 11) is 0. The van der Waals surface area contributed by atoms with Crippen molar-refractivity contribution in [2.75, 3.05) is 11.9 Å². The molecule has 0 saturated heterocycles. The molecule has 0 spiro atoms. The molecule has 0 unspecified atom stereocenters. The van der Waals surface area contributed by atoms with Crippen molar-refractivity contribution in [3.63, 3.8) is 0 Å². The van der Waals surface area contributed by atoms with Gasteiger partial charge < -0.3 is 5.32 Å². The van der Waals surface area contributed by atoms with Gasteiger partial charge in [-0.25, -0.2) is 0 Å². The van der Waals surface area contributed by atoms with Crippen LogP contribution in [0, 0.1) is 5.92 Å². The number of anilines is 1. The molecule has 0 atom stereocenters. The van der Waals surface area contributed by atoms with Gasteiger partial charge in [-0.1, -0.05) is 37.0 Å². The molecule has 0 bridgehead atoms. The highest BCUT2D eigenvalue weighted by atomic mass is 79.9. The van der Waals surface area contributed by atoms with Crippen LogP contribution in [0.1, 0.15) is 13.8 Å². The van der Waals surface area contributed by atoms with Crippen LogP contribution in [-0.4, -0.2) is 6.54 Å². The molecule has 1 aromatic carbocycles. The summed E-state index contributed by atoms with van der Waals surface area (Å²) in [6, 6.07) is 3.80. The van der Waals surface area contributed by atoms with Gasteiger partial charge in [-0.15, -0.1) is 0 Å². The van der Waals surface area contributed by atoms with Gasteiger partial charge in [-0.05, 0) is 34.0 Å². The minimum Gasteiger partial charge on any atom is -0.384 e. The zero-order valence-corrected chi connectivity index (χ0v) is 11.2. The van der Waals surface area contributed by atoms with E-state index >= 15 is 0 Å². The van der Waals surface area contributed by atoms with E-state index in [1.807, 2.05) is 12.1 Å². The largest absolute Gasteiger partial charge is 0.384 e. The summed E-state index contributed by atoms with van der Waals surface area (Å²) in [5.74, 6) is 0.577. The van der Waals surface area contributed by atoms with E-state index in [1.165, 1.54) is 0 Å². The van der Waals surface area contributed by atoms with E-state index in [1.54, 1.807) is 0 Å². The van der Waals surface area contributed by atoms with Crippen LogP contribution >= 0.6 is 39.1 Å². The second-order valence-electron chi connectivity index (χ2n) is 3.50. The second kappa shape index (κ2) is 5.24. The predicted molar refractivity (Wildman–Crippen MR) is 67.5 cm³/mol. The Balaban J connectivity index is 2.83. The standard InChI is InChI=1S/C10H12BrCl2N/c1-6(2)5-14-8-4-3-7(11)9(12)10(8)13/h3-4,6,14H,5H2,1-2H3. The Morgan fingerprint density at radius 2 is 1.93 bits per heavy atom. The first-order valence-electron chi connectivity index (χ1n) is 4.39. The molecule has 1 nitrogen and oxygen atoms in total. The Hall–Kier alpha value is 0.0800. The third-order valence-electron chi connectivity index (χ3n) is 1.74. The van der Waals surface area contributed by atoms with E-state index in [2.05, 4.69) is 35.1 Å². The lowest BCUT2D eigenvalue weighted by Gasteiger charge is -2.11. The fourth-order valence-electron chi connectivity index (χ4n) is 0.977. The molecule has 0 heterocycles. The van der Waals surface area contributed by atoms with Crippen LogP contribution < -0.4 is 5.32 Å². The molecule has 0 amide bonds. The number of halogens is 3. The summed E-state index contributed by atoms with van der Waals surface area (Å²) in [6.45, 7) is 5.17. The zero-order chi connectivity index (χ0) is 10.7. The highest BCUT2D eigenvalue weighted by molar-refractivity contribution is 9.10. The van der Waals surface area contributed by atoms with Crippen molar-refractivity contribution in [2.45, 2.75) is 13.8 Å². The average Bonchev–Trinajstić information content (AvgIpc) is 2.13. The quantitative estimate of drug-likeness (QED) is 0.788. The summed E-state index contributed by atoms with van der Waals surface area (Å²) in [5, 5.41) is 4.37. The lowest BCUT2D eigenvalue weighted by Crippen LogP contribution is -2.08. The van der Waals surface area contributed by atoms with Crippen LogP contribution in [0.5, 0.6) is 0 Å². The van der Waals surface area contributed by atoms with Gasteiger partial charge in [0.2, 0.25) is 0 Å². The Bertz CT molecular complexity index is 326. The van der Waals surface area contributed by atoms with E-state index in [9.17, 15) is 0 Å². The topological polar surface area (TPSA) is 12.0 Å².